The van der Waals surface area contributed by atoms with Crippen molar-refractivity contribution in [1.82, 2.24) is 9.97 Å². The number of hydrogen-bond donors (Lipinski definition) is 1. The zero-order valence-electron chi connectivity index (χ0n) is 10.2. The van der Waals surface area contributed by atoms with Crippen LogP contribution in [0.3, 0.4) is 0 Å². The second-order valence-corrected chi connectivity index (χ2v) is 4.64. The van der Waals surface area contributed by atoms with Gasteiger partial charge in [0.15, 0.2) is 5.16 Å². The summed E-state index contributed by atoms with van der Waals surface area (Å²) in [6.07, 6.45) is 1.47. The molecule has 1 aromatic heterocycles. The average Bonchev–Trinajstić information content (AvgIpc) is 2.45. The van der Waals surface area contributed by atoms with E-state index in [0.29, 0.717) is 22.2 Å². The van der Waals surface area contributed by atoms with Crippen molar-refractivity contribution >= 4 is 11.8 Å². The van der Waals surface area contributed by atoms with Gasteiger partial charge in [0.05, 0.1) is 12.7 Å². The Labute approximate surface area is 114 Å². The highest BCUT2D eigenvalue weighted by molar-refractivity contribution is 7.98. The number of nitrogens with zero attached hydrogens (tertiary/aromatic N) is 2. The quantitative estimate of drug-likeness (QED) is 0.680. The standard InChI is InChI=1S/C13H11N3O2S/c1-18-11-3-2-9(6-10(11)7-14)8-19-13-15-5-4-12(17)16-13/h2-6H,8H2,1H3,(H,15,16,17). The molecule has 1 N–H and O–H groups in total. The maximum atomic E-state index is 11.1. The van der Waals surface area contributed by atoms with Gasteiger partial charge in [0.25, 0.3) is 5.56 Å². The third-order valence-electron chi connectivity index (χ3n) is 2.41. The second-order valence-electron chi connectivity index (χ2n) is 3.67. The molecule has 1 aromatic carbocycles. The summed E-state index contributed by atoms with van der Waals surface area (Å²) in [7, 11) is 1.53. The van der Waals surface area contributed by atoms with Crippen LogP contribution >= 0.6 is 11.8 Å². The number of methoxy groups -OCH3 is 1. The number of nitrogens with one attached hydrogen (secondary N) is 1. The van der Waals surface area contributed by atoms with E-state index >= 15 is 0 Å². The molecule has 0 aliphatic heterocycles. The number of aromatic nitrogens is 2. The third kappa shape index (κ3) is 3.36. The lowest BCUT2D eigenvalue weighted by Crippen LogP contribution is -2.05. The molecule has 0 atom stereocenters. The maximum Gasteiger partial charge on any atom is 0.251 e. The molecule has 5 nitrogen and oxygen atoms in total. The molecule has 0 radical (unpaired) electrons. The molecule has 0 bridgehead atoms. The van der Waals surface area contributed by atoms with Gasteiger partial charge in [-0.3, -0.25) is 4.79 Å². The normalized spacial score (nSPS) is 9.89. The first kappa shape index (κ1) is 13.2. The van der Waals surface area contributed by atoms with Gasteiger partial charge < -0.3 is 9.72 Å². The van der Waals surface area contributed by atoms with E-state index in [4.69, 9.17) is 10.00 Å². The Morgan fingerprint density at radius 2 is 2.32 bits per heavy atom. The summed E-state index contributed by atoms with van der Waals surface area (Å²) >= 11 is 1.40. The van der Waals surface area contributed by atoms with Crippen LogP contribution in [-0.2, 0) is 5.75 Å². The lowest BCUT2D eigenvalue weighted by molar-refractivity contribution is 0.413. The van der Waals surface area contributed by atoms with Crippen molar-refractivity contribution in [2.45, 2.75) is 10.9 Å². The van der Waals surface area contributed by atoms with Crippen LogP contribution in [0.5, 0.6) is 5.75 Å². The topological polar surface area (TPSA) is 78.8 Å². The van der Waals surface area contributed by atoms with Gasteiger partial charge >= 0.3 is 0 Å². The van der Waals surface area contributed by atoms with E-state index in [1.807, 2.05) is 6.07 Å². The molecular weight excluding hydrogens is 262 g/mol. The molecular formula is C13H11N3O2S. The van der Waals surface area contributed by atoms with Crippen molar-refractivity contribution in [3.63, 3.8) is 0 Å². The smallest absolute Gasteiger partial charge is 0.251 e. The van der Waals surface area contributed by atoms with Crippen molar-refractivity contribution in [3.05, 3.63) is 51.9 Å². The van der Waals surface area contributed by atoms with Gasteiger partial charge in [0, 0.05) is 18.0 Å². The van der Waals surface area contributed by atoms with Crippen molar-refractivity contribution in [2.75, 3.05) is 7.11 Å². The van der Waals surface area contributed by atoms with Crippen molar-refractivity contribution in [1.29, 1.82) is 5.26 Å². The van der Waals surface area contributed by atoms with E-state index in [2.05, 4.69) is 16.0 Å². The Bertz CT molecular complexity index is 676. The highest BCUT2D eigenvalue weighted by atomic mass is 32.2. The SMILES string of the molecule is COc1ccc(CSc2nccc(=O)[nH]2)cc1C#N. The Balaban J connectivity index is 2.12. The first-order chi connectivity index (χ1) is 9.22. The predicted molar refractivity (Wildman–Crippen MR) is 72.1 cm³/mol. The van der Waals surface area contributed by atoms with E-state index in [-0.39, 0.29) is 5.56 Å². The fourth-order valence-electron chi connectivity index (χ4n) is 1.51. The fourth-order valence-corrected chi connectivity index (χ4v) is 2.30. The van der Waals surface area contributed by atoms with E-state index in [0.717, 1.165) is 5.56 Å². The second kappa shape index (κ2) is 6.07. The largest absolute Gasteiger partial charge is 0.495 e. The summed E-state index contributed by atoms with van der Waals surface area (Å²) in [4.78, 5) is 17.8. The van der Waals surface area contributed by atoms with Crippen LogP contribution in [-0.4, -0.2) is 17.1 Å². The summed E-state index contributed by atoms with van der Waals surface area (Å²) in [6, 6.07) is 8.87. The zero-order chi connectivity index (χ0) is 13.7. The Morgan fingerprint density at radius 3 is 3.00 bits per heavy atom. The maximum absolute atomic E-state index is 11.1. The molecule has 0 aliphatic carbocycles. The number of hydrogen-bond acceptors (Lipinski definition) is 5. The van der Waals surface area contributed by atoms with Crippen LogP contribution < -0.4 is 10.3 Å². The number of benzene rings is 1. The summed E-state index contributed by atoms with van der Waals surface area (Å²) < 4.78 is 5.08. The summed E-state index contributed by atoms with van der Waals surface area (Å²) in [5.74, 6) is 1.17. The Morgan fingerprint density at radius 1 is 1.47 bits per heavy atom. The van der Waals surface area contributed by atoms with E-state index in [1.165, 1.54) is 31.1 Å². The van der Waals surface area contributed by atoms with Crippen LogP contribution in [0.2, 0.25) is 0 Å². The lowest BCUT2D eigenvalue weighted by Gasteiger charge is -2.05. The van der Waals surface area contributed by atoms with E-state index in [1.54, 1.807) is 12.1 Å². The summed E-state index contributed by atoms with van der Waals surface area (Å²) in [6.45, 7) is 0. The van der Waals surface area contributed by atoms with Crippen LogP contribution in [0, 0.1) is 11.3 Å². The molecule has 1 heterocycles. The number of nitriles is 1. The molecule has 0 saturated carbocycles. The third-order valence-corrected chi connectivity index (χ3v) is 3.37. The summed E-state index contributed by atoms with van der Waals surface area (Å²) in [5.41, 5.74) is 1.29. The summed E-state index contributed by atoms with van der Waals surface area (Å²) in [5, 5.41) is 9.56. The molecule has 96 valence electrons. The van der Waals surface area contributed by atoms with Crippen LogP contribution in [0.25, 0.3) is 0 Å². The minimum absolute atomic E-state index is 0.176. The van der Waals surface area contributed by atoms with Gasteiger partial charge in [0.1, 0.15) is 11.8 Å². The van der Waals surface area contributed by atoms with Crippen LogP contribution in [0.15, 0.2) is 40.4 Å². The Hall–Kier alpha value is -2.26. The molecule has 0 aliphatic rings. The van der Waals surface area contributed by atoms with Gasteiger partial charge in [-0.2, -0.15) is 5.26 Å². The number of rotatable bonds is 4. The van der Waals surface area contributed by atoms with Gasteiger partial charge in [-0.05, 0) is 17.7 Å². The zero-order valence-corrected chi connectivity index (χ0v) is 11.0. The first-order valence-corrected chi connectivity index (χ1v) is 6.46. The fraction of sp³-hybridized carbons (Fsp3) is 0.154. The van der Waals surface area contributed by atoms with Crippen molar-refractivity contribution in [2.24, 2.45) is 0 Å². The van der Waals surface area contributed by atoms with Crippen LogP contribution in [0.4, 0.5) is 0 Å². The van der Waals surface area contributed by atoms with Gasteiger partial charge in [-0.1, -0.05) is 17.8 Å². The monoisotopic (exact) mass is 273 g/mol. The number of ether oxygens (including phenoxy) is 1. The first-order valence-electron chi connectivity index (χ1n) is 5.48. The molecule has 6 heteroatoms. The molecule has 0 fully saturated rings. The molecule has 0 amide bonds. The number of thioether (sulfide) groups is 1. The number of aromatic amines is 1. The molecule has 0 spiro atoms. The Kier molecular flexibility index (Phi) is 4.21. The van der Waals surface area contributed by atoms with Gasteiger partial charge in [-0.25, -0.2) is 4.98 Å². The average molecular weight is 273 g/mol. The highest BCUT2D eigenvalue weighted by Crippen LogP contribution is 2.23. The molecule has 2 rings (SSSR count). The minimum Gasteiger partial charge on any atom is -0.495 e. The molecule has 2 aromatic rings. The lowest BCUT2D eigenvalue weighted by atomic mass is 10.1. The molecule has 19 heavy (non-hydrogen) atoms. The van der Waals surface area contributed by atoms with Gasteiger partial charge in [-0.15, -0.1) is 0 Å². The molecule has 0 unspecified atom stereocenters. The van der Waals surface area contributed by atoms with E-state index in [9.17, 15) is 4.79 Å². The van der Waals surface area contributed by atoms with Crippen molar-refractivity contribution < 1.29 is 4.74 Å². The minimum atomic E-state index is -0.176. The predicted octanol–water partition coefficient (Wildman–Crippen LogP) is 1.94. The van der Waals surface area contributed by atoms with E-state index < -0.39 is 0 Å². The number of H-pyrrole nitrogens is 1. The van der Waals surface area contributed by atoms with Crippen LogP contribution in [0.1, 0.15) is 11.1 Å². The van der Waals surface area contributed by atoms with Crippen molar-refractivity contribution in [3.8, 4) is 11.8 Å². The highest BCUT2D eigenvalue weighted by Gasteiger charge is 2.04. The molecule has 0 saturated heterocycles. The van der Waals surface area contributed by atoms with Gasteiger partial charge in [0.2, 0.25) is 0 Å².